The van der Waals surface area contributed by atoms with E-state index in [4.69, 9.17) is 21.1 Å². The van der Waals surface area contributed by atoms with Crippen LogP contribution in [-0.2, 0) is 4.74 Å². The van der Waals surface area contributed by atoms with Gasteiger partial charge >= 0.3 is 0 Å². The van der Waals surface area contributed by atoms with Crippen molar-refractivity contribution >= 4 is 11.6 Å². The molecule has 2 unspecified atom stereocenters. The summed E-state index contributed by atoms with van der Waals surface area (Å²) in [5.41, 5.74) is 0. The van der Waals surface area contributed by atoms with E-state index in [1.165, 1.54) is 0 Å². The highest BCUT2D eigenvalue weighted by molar-refractivity contribution is 6.30. The van der Waals surface area contributed by atoms with Crippen LogP contribution in [0.2, 0.25) is 5.02 Å². The Morgan fingerprint density at radius 3 is 2.78 bits per heavy atom. The van der Waals surface area contributed by atoms with E-state index in [0.29, 0.717) is 11.6 Å². The van der Waals surface area contributed by atoms with Crippen LogP contribution >= 0.6 is 11.6 Å². The van der Waals surface area contributed by atoms with Gasteiger partial charge in [-0.3, -0.25) is 0 Å². The number of hydrogen-bond acceptors (Lipinski definition) is 3. The molecule has 0 aliphatic carbocycles. The fraction of sp³-hybridized carbons (Fsp3) is 0.571. The molecular weight excluding hydrogens is 250 g/mol. The van der Waals surface area contributed by atoms with Gasteiger partial charge in [0, 0.05) is 11.6 Å². The number of likely N-dealkylation sites (N-methyl/N-ethyl adjacent to an activating group) is 1. The molecule has 3 nitrogen and oxygen atoms in total. The zero-order valence-corrected chi connectivity index (χ0v) is 12.0. The van der Waals surface area contributed by atoms with Crippen molar-refractivity contribution in [2.45, 2.75) is 32.4 Å². The lowest BCUT2D eigenvalue weighted by Crippen LogP contribution is -2.43. The molecule has 0 amide bonds. The molecule has 0 aliphatic rings. The molecule has 0 heterocycles. The monoisotopic (exact) mass is 271 g/mol. The van der Waals surface area contributed by atoms with Crippen LogP contribution in [0.1, 0.15) is 20.3 Å². The minimum absolute atomic E-state index is 0.0188. The van der Waals surface area contributed by atoms with Gasteiger partial charge in [-0.15, -0.1) is 0 Å². The fourth-order valence-electron chi connectivity index (χ4n) is 1.65. The third kappa shape index (κ3) is 5.25. The predicted octanol–water partition coefficient (Wildman–Crippen LogP) is 3.12. The molecule has 0 spiro atoms. The molecule has 1 rings (SSSR count). The van der Waals surface area contributed by atoms with E-state index in [2.05, 4.69) is 12.2 Å². The molecule has 0 saturated heterocycles. The van der Waals surface area contributed by atoms with E-state index in [9.17, 15) is 0 Å². The van der Waals surface area contributed by atoms with Crippen molar-refractivity contribution < 1.29 is 9.47 Å². The second-order valence-electron chi connectivity index (χ2n) is 4.25. The van der Waals surface area contributed by atoms with Crippen molar-refractivity contribution in [2.24, 2.45) is 0 Å². The first-order valence-electron chi connectivity index (χ1n) is 6.34. The van der Waals surface area contributed by atoms with Gasteiger partial charge < -0.3 is 14.8 Å². The van der Waals surface area contributed by atoms with Gasteiger partial charge in [-0.2, -0.15) is 0 Å². The standard InChI is InChI=1S/C14H22ClNO2/c1-4-8-17-10-14(16-3)11(2)18-13-7-5-6-12(15)9-13/h5-7,9,11,14,16H,4,8,10H2,1-3H3. The van der Waals surface area contributed by atoms with Crippen LogP contribution in [0.5, 0.6) is 5.75 Å². The van der Waals surface area contributed by atoms with Crippen LogP contribution in [0.4, 0.5) is 0 Å². The van der Waals surface area contributed by atoms with Gasteiger partial charge in [0.2, 0.25) is 0 Å². The Morgan fingerprint density at radius 1 is 1.39 bits per heavy atom. The lowest BCUT2D eigenvalue weighted by atomic mass is 10.2. The summed E-state index contributed by atoms with van der Waals surface area (Å²) in [6, 6.07) is 7.60. The van der Waals surface area contributed by atoms with E-state index in [1.807, 2.05) is 38.2 Å². The van der Waals surface area contributed by atoms with E-state index >= 15 is 0 Å². The van der Waals surface area contributed by atoms with Crippen LogP contribution in [0, 0.1) is 0 Å². The smallest absolute Gasteiger partial charge is 0.121 e. The third-order valence-corrected chi connectivity index (χ3v) is 2.94. The quantitative estimate of drug-likeness (QED) is 0.737. The van der Waals surface area contributed by atoms with Crippen LogP contribution in [-0.4, -0.2) is 32.4 Å². The first-order valence-corrected chi connectivity index (χ1v) is 6.72. The summed E-state index contributed by atoms with van der Waals surface area (Å²) >= 11 is 5.92. The molecule has 18 heavy (non-hydrogen) atoms. The zero-order chi connectivity index (χ0) is 13.4. The predicted molar refractivity (Wildman–Crippen MR) is 75.5 cm³/mol. The fourth-order valence-corrected chi connectivity index (χ4v) is 1.83. The highest BCUT2D eigenvalue weighted by Crippen LogP contribution is 2.19. The van der Waals surface area contributed by atoms with Crippen molar-refractivity contribution in [2.75, 3.05) is 20.3 Å². The summed E-state index contributed by atoms with van der Waals surface area (Å²) in [5.74, 6) is 0.783. The highest BCUT2D eigenvalue weighted by Gasteiger charge is 2.17. The minimum Gasteiger partial charge on any atom is -0.489 e. The summed E-state index contributed by atoms with van der Waals surface area (Å²) in [6.07, 6.45) is 1.05. The Hall–Kier alpha value is -0.770. The number of ether oxygens (including phenoxy) is 2. The minimum atomic E-state index is 0.0188. The van der Waals surface area contributed by atoms with Crippen molar-refractivity contribution in [3.63, 3.8) is 0 Å². The normalized spacial score (nSPS) is 14.2. The second-order valence-corrected chi connectivity index (χ2v) is 4.69. The summed E-state index contributed by atoms with van der Waals surface area (Å²) in [5, 5.41) is 3.90. The number of hydrogen-bond donors (Lipinski definition) is 1. The van der Waals surface area contributed by atoms with Crippen LogP contribution in [0.15, 0.2) is 24.3 Å². The van der Waals surface area contributed by atoms with Gasteiger partial charge in [-0.1, -0.05) is 24.6 Å². The molecule has 1 aromatic rings. The molecule has 102 valence electrons. The topological polar surface area (TPSA) is 30.5 Å². The van der Waals surface area contributed by atoms with Gasteiger partial charge in [-0.05, 0) is 38.6 Å². The summed E-state index contributed by atoms with van der Waals surface area (Å²) < 4.78 is 11.4. The molecule has 0 bridgehead atoms. The lowest BCUT2D eigenvalue weighted by Gasteiger charge is -2.24. The van der Waals surface area contributed by atoms with Gasteiger partial charge in [0.1, 0.15) is 11.9 Å². The van der Waals surface area contributed by atoms with Crippen molar-refractivity contribution in [1.29, 1.82) is 0 Å². The van der Waals surface area contributed by atoms with E-state index in [0.717, 1.165) is 18.8 Å². The van der Waals surface area contributed by atoms with E-state index < -0.39 is 0 Å². The molecule has 0 aromatic heterocycles. The highest BCUT2D eigenvalue weighted by atomic mass is 35.5. The maximum absolute atomic E-state index is 5.92. The largest absolute Gasteiger partial charge is 0.489 e. The molecule has 0 radical (unpaired) electrons. The number of rotatable bonds is 8. The van der Waals surface area contributed by atoms with Gasteiger partial charge in [0.15, 0.2) is 0 Å². The molecule has 1 N–H and O–H groups in total. The summed E-state index contributed by atoms with van der Waals surface area (Å²) in [4.78, 5) is 0. The molecule has 4 heteroatoms. The summed E-state index contributed by atoms with van der Waals surface area (Å²) in [7, 11) is 1.91. The van der Waals surface area contributed by atoms with Gasteiger partial charge in [-0.25, -0.2) is 0 Å². The average molecular weight is 272 g/mol. The van der Waals surface area contributed by atoms with Gasteiger partial charge in [0.25, 0.3) is 0 Å². The lowest BCUT2D eigenvalue weighted by molar-refractivity contribution is 0.0691. The Balaban J connectivity index is 2.48. The molecule has 1 aromatic carbocycles. The Morgan fingerprint density at radius 2 is 2.17 bits per heavy atom. The Kier molecular flexibility index (Phi) is 7.09. The Labute approximate surface area is 114 Å². The third-order valence-electron chi connectivity index (χ3n) is 2.70. The number of benzene rings is 1. The molecule has 0 saturated carbocycles. The SMILES string of the molecule is CCCOCC(NC)C(C)Oc1cccc(Cl)c1. The maximum atomic E-state index is 5.92. The molecular formula is C14H22ClNO2. The molecule has 0 aliphatic heterocycles. The van der Waals surface area contributed by atoms with Crippen molar-refractivity contribution in [3.8, 4) is 5.75 Å². The Bertz CT molecular complexity index is 346. The summed E-state index contributed by atoms with van der Waals surface area (Å²) in [6.45, 7) is 5.55. The van der Waals surface area contributed by atoms with Crippen LogP contribution < -0.4 is 10.1 Å². The van der Waals surface area contributed by atoms with Crippen molar-refractivity contribution in [1.82, 2.24) is 5.32 Å². The van der Waals surface area contributed by atoms with Crippen LogP contribution in [0.25, 0.3) is 0 Å². The zero-order valence-electron chi connectivity index (χ0n) is 11.3. The number of halogens is 1. The van der Waals surface area contributed by atoms with Crippen molar-refractivity contribution in [3.05, 3.63) is 29.3 Å². The average Bonchev–Trinajstić information content (AvgIpc) is 2.34. The molecule has 0 fully saturated rings. The van der Waals surface area contributed by atoms with E-state index in [1.54, 1.807) is 0 Å². The second kappa shape index (κ2) is 8.35. The maximum Gasteiger partial charge on any atom is 0.121 e. The first-order chi connectivity index (χ1) is 8.67. The van der Waals surface area contributed by atoms with Crippen LogP contribution in [0.3, 0.4) is 0 Å². The first kappa shape index (κ1) is 15.3. The number of nitrogens with one attached hydrogen (secondary N) is 1. The molecule has 2 atom stereocenters. The van der Waals surface area contributed by atoms with Gasteiger partial charge in [0.05, 0.1) is 12.6 Å². The van der Waals surface area contributed by atoms with E-state index in [-0.39, 0.29) is 12.1 Å².